The first-order chi connectivity index (χ1) is 17.4. The number of aromatic nitrogens is 4. The van der Waals surface area contributed by atoms with E-state index in [4.69, 9.17) is 11.6 Å². The third kappa shape index (κ3) is 5.82. The highest BCUT2D eigenvalue weighted by Gasteiger charge is 2.45. The monoisotopic (exact) mass is 544 g/mol. The summed E-state index contributed by atoms with van der Waals surface area (Å²) in [6.07, 6.45) is -5.76. The standard InChI is InChI=1S/C23H22ClF5N6O2/c1-12-9-16(34-33-12)31-21-30-15(18(26)19(32-21)23(27,28)29)10-22(20(36)37)5-7-35(8-6-22)11-13-3-2-4-14(24)17(13)25/h2-4,9H,5-8,10-11H2,1H3,(H,36,37)(H2,30,31,32,33,34). The summed E-state index contributed by atoms with van der Waals surface area (Å²) in [4.78, 5) is 21.3. The lowest BCUT2D eigenvalue weighted by atomic mass is 9.74. The zero-order valence-electron chi connectivity index (χ0n) is 19.5. The number of nitrogens with zero attached hydrogens (tertiary/aromatic N) is 4. The van der Waals surface area contributed by atoms with E-state index >= 15 is 0 Å². The fraction of sp³-hybridized carbons (Fsp3) is 0.391. The number of alkyl halides is 3. The summed E-state index contributed by atoms with van der Waals surface area (Å²) in [7, 11) is 0. The molecular formula is C23H22ClF5N6O2. The summed E-state index contributed by atoms with van der Waals surface area (Å²) in [6.45, 7) is 2.21. The summed E-state index contributed by atoms with van der Waals surface area (Å²) < 4.78 is 69.9. The minimum absolute atomic E-state index is 0.0172. The van der Waals surface area contributed by atoms with E-state index in [1.165, 1.54) is 12.1 Å². The zero-order valence-corrected chi connectivity index (χ0v) is 20.2. The Morgan fingerprint density at radius 2 is 1.92 bits per heavy atom. The number of likely N-dealkylation sites (tertiary alicyclic amines) is 1. The fourth-order valence-electron chi connectivity index (χ4n) is 4.29. The van der Waals surface area contributed by atoms with Crippen molar-refractivity contribution >= 4 is 29.3 Å². The molecule has 4 rings (SSSR count). The third-order valence-corrected chi connectivity index (χ3v) is 6.62. The highest BCUT2D eigenvalue weighted by atomic mass is 35.5. The van der Waals surface area contributed by atoms with Crippen LogP contribution in [0.3, 0.4) is 0 Å². The molecule has 0 saturated carbocycles. The largest absolute Gasteiger partial charge is 0.481 e. The van der Waals surface area contributed by atoms with Gasteiger partial charge < -0.3 is 10.4 Å². The molecule has 3 N–H and O–H groups in total. The highest BCUT2D eigenvalue weighted by Crippen LogP contribution is 2.39. The van der Waals surface area contributed by atoms with Gasteiger partial charge >= 0.3 is 12.1 Å². The molecule has 0 bridgehead atoms. The normalized spacial score (nSPS) is 16.1. The van der Waals surface area contributed by atoms with Gasteiger partial charge in [-0.2, -0.15) is 18.3 Å². The maximum Gasteiger partial charge on any atom is 0.436 e. The van der Waals surface area contributed by atoms with Crippen molar-refractivity contribution in [3.8, 4) is 0 Å². The molecule has 0 amide bonds. The van der Waals surface area contributed by atoms with Crippen LogP contribution in [0.2, 0.25) is 5.02 Å². The van der Waals surface area contributed by atoms with Crippen LogP contribution in [0.1, 0.15) is 35.5 Å². The van der Waals surface area contributed by atoms with Gasteiger partial charge in [0.25, 0.3) is 0 Å². The molecule has 8 nitrogen and oxygen atoms in total. The van der Waals surface area contributed by atoms with Gasteiger partial charge in [-0.25, -0.2) is 18.7 Å². The second-order valence-corrected chi connectivity index (χ2v) is 9.37. The number of benzene rings is 1. The van der Waals surface area contributed by atoms with Gasteiger partial charge in [-0.1, -0.05) is 23.7 Å². The van der Waals surface area contributed by atoms with Crippen LogP contribution in [0.5, 0.6) is 0 Å². The van der Waals surface area contributed by atoms with Crippen molar-refractivity contribution in [2.45, 2.75) is 38.9 Å². The summed E-state index contributed by atoms with van der Waals surface area (Å²) in [5, 5.41) is 18.9. The van der Waals surface area contributed by atoms with Crippen molar-refractivity contribution in [2.75, 3.05) is 18.4 Å². The van der Waals surface area contributed by atoms with Crippen molar-refractivity contribution in [3.63, 3.8) is 0 Å². The maximum atomic E-state index is 15.0. The molecule has 1 saturated heterocycles. The van der Waals surface area contributed by atoms with Crippen molar-refractivity contribution < 1.29 is 31.9 Å². The van der Waals surface area contributed by atoms with Crippen molar-refractivity contribution in [1.82, 2.24) is 25.1 Å². The Morgan fingerprint density at radius 1 is 1.22 bits per heavy atom. The number of hydrogen-bond donors (Lipinski definition) is 3. The SMILES string of the molecule is Cc1cc(Nc2nc(CC3(C(=O)O)CCN(Cc4cccc(Cl)c4F)CC3)c(F)c(C(F)(F)F)n2)n[nH]1. The summed E-state index contributed by atoms with van der Waals surface area (Å²) in [6, 6.07) is 6.05. The lowest BCUT2D eigenvalue weighted by molar-refractivity contribution is -0.152. The van der Waals surface area contributed by atoms with Gasteiger partial charge in [-0.05, 0) is 38.9 Å². The average molecular weight is 545 g/mol. The first-order valence-corrected chi connectivity index (χ1v) is 11.6. The van der Waals surface area contributed by atoms with Gasteiger partial charge in [0.15, 0.2) is 17.3 Å². The molecule has 3 aromatic rings. The van der Waals surface area contributed by atoms with Gasteiger partial charge in [0.05, 0.1) is 16.1 Å². The second kappa shape index (κ2) is 10.2. The highest BCUT2D eigenvalue weighted by molar-refractivity contribution is 6.30. The number of piperidine rings is 1. The molecule has 0 unspecified atom stereocenters. The van der Waals surface area contributed by atoms with Crippen LogP contribution in [-0.4, -0.2) is 49.2 Å². The Morgan fingerprint density at radius 3 is 2.51 bits per heavy atom. The predicted octanol–water partition coefficient (Wildman–Crippen LogP) is 5.11. The van der Waals surface area contributed by atoms with Crippen LogP contribution < -0.4 is 5.32 Å². The number of hydrogen-bond acceptors (Lipinski definition) is 6. The number of halogens is 6. The zero-order chi connectivity index (χ0) is 27.0. The molecule has 1 aliphatic heterocycles. The van der Waals surface area contributed by atoms with Crippen LogP contribution in [-0.2, 0) is 23.9 Å². The molecule has 37 heavy (non-hydrogen) atoms. The predicted molar refractivity (Wildman–Crippen MR) is 123 cm³/mol. The molecular weight excluding hydrogens is 523 g/mol. The van der Waals surface area contributed by atoms with E-state index in [1.54, 1.807) is 24.0 Å². The number of aromatic amines is 1. The van der Waals surface area contributed by atoms with Gasteiger partial charge in [-0.15, -0.1) is 0 Å². The van der Waals surface area contributed by atoms with Gasteiger partial charge in [0.1, 0.15) is 5.82 Å². The lowest BCUT2D eigenvalue weighted by Crippen LogP contribution is -2.45. The molecule has 0 spiro atoms. The quantitative estimate of drug-likeness (QED) is 0.355. The molecule has 0 atom stereocenters. The number of aliphatic carboxylic acids is 1. The van der Waals surface area contributed by atoms with E-state index in [0.717, 1.165) is 0 Å². The summed E-state index contributed by atoms with van der Waals surface area (Å²) in [5.74, 6) is -4.04. The molecule has 2 aromatic heterocycles. The van der Waals surface area contributed by atoms with E-state index < -0.39 is 53.0 Å². The van der Waals surface area contributed by atoms with Crippen molar-refractivity contribution in [3.05, 3.63) is 63.6 Å². The number of H-pyrrole nitrogens is 1. The lowest BCUT2D eigenvalue weighted by Gasteiger charge is -2.39. The molecule has 1 aliphatic rings. The topological polar surface area (TPSA) is 107 Å². The first-order valence-electron chi connectivity index (χ1n) is 11.2. The van der Waals surface area contributed by atoms with Crippen LogP contribution in [0.25, 0.3) is 0 Å². The van der Waals surface area contributed by atoms with Crippen LogP contribution in [0.4, 0.5) is 33.7 Å². The van der Waals surface area contributed by atoms with E-state index in [1.807, 2.05) is 0 Å². The molecule has 1 aromatic carbocycles. The number of anilines is 2. The summed E-state index contributed by atoms with van der Waals surface area (Å²) in [5.41, 5.74) is -3.12. The number of aryl methyl sites for hydroxylation is 1. The molecule has 198 valence electrons. The average Bonchev–Trinajstić information content (AvgIpc) is 3.23. The van der Waals surface area contributed by atoms with Crippen molar-refractivity contribution in [1.29, 1.82) is 0 Å². The Bertz CT molecular complexity index is 1310. The number of carboxylic acids is 1. The molecule has 1 fully saturated rings. The van der Waals surface area contributed by atoms with Crippen molar-refractivity contribution in [2.24, 2.45) is 5.41 Å². The number of nitrogens with one attached hydrogen (secondary N) is 2. The smallest absolute Gasteiger partial charge is 0.436 e. The van der Waals surface area contributed by atoms with Gasteiger partial charge in [0.2, 0.25) is 5.95 Å². The van der Waals surface area contributed by atoms with Gasteiger partial charge in [-0.3, -0.25) is 14.8 Å². The Hall–Kier alpha value is -3.32. The molecule has 0 radical (unpaired) electrons. The van der Waals surface area contributed by atoms with E-state index in [-0.39, 0.29) is 43.3 Å². The maximum absolute atomic E-state index is 15.0. The Kier molecular flexibility index (Phi) is 7.38. The van der Waals surface area contributed by atoms with E-state index in [2.05, 4.69) is 25.5 Å². The minimum atomic E-state index is -5.14. The number of carboxylic acid groups (broad SMARTS) is 1. The van der Waals surface area contributed by atoms with Gasteiger partial charge in [0, 0.05) is 30.3 Å². The van der Waals surface area contributed by atoms with Crippen LogP contribution in [0.15, 0.2) is 24.3 Å². The Labute approximate surface area is 212 Å². The van der Waals surface area contributed by atoms with Crippen LogP contribution >= 0.6 is 11.6 Å². The summed E-state index contributed by atoms with van der Waals surface area (Å²) >= 11 is 5.82. The number of carbonyl (C=O) groups is 1. The van der Waals surface area contributed by atoms with E-state index in [9.17, 15) is 31.9 Å². The molecule has 14 heteroatoms. The number of rotatable bonds is 7. The van der Waals surface area contributed by atoms with E-state index in [0.29, 0.717) is 11.3 Å². The fourth-order valence-corrected chi connectivity index (χ4v) is 4.48. The third-order valence-electron chi connectivity index (χ3n) is 6.33. The first kappa shape index (κ1) is 26.7. The second-order valence-electron chi connectivity index (χ2n) is 8.97. The molecule has 3 heterocycles. The molecule has 0 aliphatic carbocycles. The Balaban J connectivity index is 1.59. The minimum Gasteiger partial charge on any atom is -0.481 e. The van der Waals surface area contributed by atoms with Crippen LogP contribution in [0, 0.1) is 24.0 Å².